The number of thioether (sulfide) groups is 1. The Kier molecular flexibility index (Phi) is 5.29. The van der Waals surface area contributed by atoms with Crippen LogP contribution in [0.5, 0.6) is 0 Å². The highest BCUT2D eigenvalue weighted by Crippen LogP contribution is 2.25. The zero-order valence-corrected chi connectivity index (χ0v) is 13.1. The van der Waals surface area contributed by atoms with Gasteiger partial charge in [0.1, 0.15) is 5.51 Å². The maximum absolute atomic E-state index is 12.1. The van der Waals surface area contributed by atoms with Crippen LogP contribution in [0.4, 0.5) is 11.4 Å². The van der Waals surface area contributed by atoms with Gasteiger partial charge in [0.15, 0.2) is 4.34 Å². The highest BCUT2D eigenvalue weighted by Gasteiger charge is 2.16. The molecule has 2 aromatic rings. The van der Waals surface area contributed by atoms with Crippen molar-refractivity contribution in [2.45, 2.75) is 23.4 Å². The predicted molar refractivity (Wildman–Crippen MR) is 84.6 cm³/mol. The molecule has 0 fully saturated rings. The number of benzene rings is 1. The number of rotatable bonds is 5. The number of nitrogens with zero attached hydrogens (tertiary/aromatic N) is 2. The van der Waals surface area contributed by atoms with E-state index in [4.69, 9.17) is 0 Å². The molecule has 0 aliphatic rings. The quantitative estimate of drug-likeness (QED) is 0.827. The Hall–Kier alpha value is -1.93. The van der Waals surface area contributed by atoms with Gasteiger partial charge >= 0.3 is 0 Å². The molecule has 6 nitrogen and oxygen atoms in total. The van der Waals surface area contributed by atoms with E-state index >= 15 is 0 Å². The third-order valence-electron chi connectivity index (χ3n) is 2.46. The Balaban J connectivity index is 1.91. The number of amides is 2. The SMILES string of the molecule is CC(=O)Nc1ccc(NC(=O)[C@@H](C)Sc2nncs2)cc1. The van der Waals surface area contributed by atoms with Gasteiger partial charge in [0.05, 0.1) is 5.25 Å². The van der Waals surface area contributed by atoms with Gasteiger partial charge in [-0.1, -0.05) is 23.1 Å². The normalized spacial score (nSPS) is 11.7. The molecule has 0 spiro atoms. The van der Waals surface area contributed by atoms with Gasteiger partial charge in [-0.3, -0.25) is 9.59 Å². The van der Waals surface area contributed by atoms with Crippen molar-refractivity contribution in [3.63, 3.8) is 0 Å². The van der Waals surface area contributed by atoms with Gasteiger partial charge in [0.2, 0.25) is 11.8 Å². The largest absolute Gasteiger partial charge is 0.326 e. The van der Waals surface area contributed by atoms with Gasteiger partial charge in [-0.05, 0) is 31.2 Å². The number of aromatic nitrogens is 2. The second-order valence-corrected chi connectivity index (χ2v) is 6.63. The van der Waals surface area contributed by atoms with Crippen LogP contribution in [0.1, 0.15) is 13.8 Å². The standard InChI is InChI=1S/C13H14N4O2S2/c1-8(21-13-17-14-7-20-13)12(19)16-11-5-3-10(4-6-11)15-9(2)18/h3-8H,1-2H3,(H,15,18)(H,16,19)/t8-/m1/s1. The van der Waals surface area contributed by atoms with Crippen molar-refractivity contribution in [2.24, 2.45) is 0 Å². The maximum atomic E-state index is 12.1. The van der Waals surface area contributed by atoms with Crippen LogP contribution >= 0.6 is 23.1 Å². The molecule has 0 saturated heterocycles. The zero-order chi connectivity index (χ0) is 15.2. The first kappa shape index (κ1) is 15.5. The summed E-state index contributed by atoms with van der Waals surface area (Å²) < 4.78 is 0.763. The lowest BCUT2D eigenvalue weighted by molar-refractivity contribution is -0.115. The summed E-state index contributed by atoms with van der Waals surface area (Å²) in [5, 5.41) is 12.8. The molecule has 1 aromatic carbocycles. The van der Waals surface area contributed by atoms with Crippen molar-refractivity contribution in [3.05, 3.63) is 29.8 Å². The molecule has 1 heterocycles. The lowest BCUT2D eigenvalue weighted by Crippen LogP contribution is -2.22. The molecule has 0 radical (unpaired) electrons. The van der Waals surface area contributed by atoms with E-state index in [1.165, 1.54) is 30.0 Å². The summed E-state index contributed by atoms with van der Waals surface area (Å²) >= 11 is 2.77. The highest BCUT2D eigenvalue weighted by atomic mass is 32.2. The third-order valence-corrected chi connectivity index (χ3v) is 4.37. The molecule has 2 N–H and O–H groups in total. The number of hydrogen-bond donors (Lipinski definition) is 2. The number of hydrogen-bond acceptors (Lipinski definition) is 6. The molecule has 1 aromatic heterocycles. The number of nitrogens with one attached hydrogen (secondary N) is 2. The first-order chi connectivity index (χ1) is 10.0. The van der Waals surface area contributed by atoms with Crippen molar-refractivity contribution < 1.29 is 9.59 Å². The maximum Gasteiger partial charge on any atom is 0.237 e. The van der Waals surface area contributed by atoms with E-state index in [1.807, 2.05) is 6.92 Å². The van der Waals surface area contributed by atoms with Crippen molar-refractivity contribution in [2.75, 3.05) is 10.6 Å². The molecule has 0 aliphatic carbocycles. The number of carbonyl (C=O) groups is 2. The van der Waals surface area contributed by atoms with Crippen LogP contribution in [-0.4, -0.2) is 27.3 Å². The molecule has 0 aliphatic heterocycles. The molecular formula is C13H14N4O2S2. The number of anilines is 2. The number of carbonyl (C=O) groups excluding carboxylic acids is 2. The third kappa shape index (κ3) is 4.83. The lowest BCUT2D eigenvalue weighted by atomic mass is 10.2. The van der Waals surface area contributed by atoms with E-state index in [1.54, 1.807) is 29.8 Å². The smallest absolute Gasteiger partial charge is 0.237 e. The van der Waals surface area contributed by atoms with Crippen LogP contribution in [0.25, 0.3) is 0 Å². The summed E-state index contributed by atoms with van der Waals surface area (Å²) in [5.41, 5.74) is 3.00. The monoisotopic (exact) mass is 322 g/mol. The average molecular weight is 322 g/mol. The van der Waals surface area contributed by atoms with E-state index < -0.39 is 0 Å². The molecule has 21 heavy (non-hydrogen) atoms. The fraction of sp³-hybridized carbons (Fsp3) is 0.231. The van der Waals surface area contributed by atoms with Gasteiger partial charge in [0.25, 0.3) is 0 Å². The van der Waals surface area contributed by atoms with Crippen LogP contribution in [0.2, 0.25) is 0 Å². The lowest BCUT2D eigenvalue weighted by Gasteiger charge is -2.10. The topological polar surface area (TPSA) is 84.0 Å². The van der Waals surface area contributed by atoms with Crippen molar-refractivity contribution in [1.82, 2.24) is 10.2 Å². The fourth-order valence-corrected chi connectivity index (χ4v) is 3.13. The van der Waals surface area contributed by atoms with E-state index in [2.05, 4.69) is 20.8 Å². The Labute approximate surface area is 130 Å². The van der Waals surface area contributed by atoms with Crippen molar-refractivity contribution in [3.8, 4) is 0 Å². The molecule has 110 valence electrons. The molecule has 2 amide bonds. The summed E-state index contributed by atoms with van der Waals surface area (Å²) in [5.74, 6) is -0.239. The highest BCUT2D eigenvalue weighted by molar-refractivity contribution is 8.02. The van der Waals surface area contributed by atoms with Crippen LogP contribution in [0.3, 0.4) is 0 Å². The second kappa shape index (κ2) is 7.19. The average Bonchev–Trinajstić information content (AvgIpc) is 2.93. The summed E-state index contributed by atoms with van der Waals surface area (Å²) in [6.45, 7) is 3.26. The van der Waals surface area contributed by atoms with Gasteiger partial charge in [0, 0.05) is 18.3 Å². The minimum Gasteiger partial charge on any atom is -0.326 e. The molecule has 0 bridgehead atoms. The minimum atomic E-state index is -0.270. The first-order valence-electron chi connectivity index (χ1n) is 6.16. The van der Waals surface area contributed by atoms with Crippen molar-refractivity contribution in [1.29, 1.82) is 0 Å². The molecule has 1 atom stereocenters. The zero-order valence-electron chi connectivity index (χ0n) is 11.5. The summed E-state index contributed by atoms with van der Waals surface area (Å²) in [6, 6.07) is 6.95. The van der Waals surface area contributed by atoms with Crippen LogP contribution in [0, 0.1) is 0 Å². The molecule has 8 heteroatoms. The predicted octanol–water partition coefficient (Wildman–Crippen LogP) is 2.62. The van der Waals surface area contributed by atoms with Crippen LogP contribution < -0.4 is 10.6 Å². The van der Waals surface area contributed by atoms with Gasteiger partial charge < -0.3 is 10.6 Å². The summed E-state index contributed by atoms with van der Waals surface area (Å²) in [4.78, 5) is 23.0. The summed E-state index contributed by atoms with van der Waals surface area (Å²) in [6.07, 6.45) is 0. The second-order valence-electron chi connectivity index (χ2n) is 4.21. The molecule has 0 saturated carbocycles. The van der Waals surface area contributed by atoms with Crippen molar-refractivity contribution >= 4 is 46.3 Å². The fourth-order valence-electron chi connectivity index (χ4n) is 1.50. The molecular weight excluding hydrogens is 308 g/mol. The van der Waals surface area contributed by atoms with Gasteiger partial charge in [-0.15, -0.1) is 10.2 Å². The Morgan fingerprint density at radius 2 is 1.81 bits per heavy atom. The van der Waals surface area contributed by atoms with E-state index in [9.17, 15) is 9.59 Å². The van der Waals surface area contributed by atoms with Crippen LogP contribution in [-0.2, 0) is 9.59 Å². The molecule has 2 rings (SSSR count). The van der Waals surface area contributed by atoms with Crippen LogP contribution in [0.15, 0.2) is 34.1 Å². The Morgan fingerprint density at radius 1 is 1.19 bits per heavy atom. The Morgan fingerprint density at radius 3 is 2.33 bits per heavy atom. The Bertz CT molecular complexity index is 614. The van der Waals surface area contributed by atoms with E-state index in [0.29, 0.717) is 11.4 Å². The first-order valence-corrected chi connectivity index (χ1v) is 7.92. The van der Waals surface area contributed by atoms with E-state index in [0.717, 1.165) is 4.34 Å². The van der Waals surface area contributed by atoms with Gasteiger partial charge in [-0.25, -0.2) is 0 Å². The van der Waals surface area contributed by atoms with Gasteiger partial charge in [-0.2, -0.15) is 0 Å². The summed E-state index contributed by atoms with van der Waals surface area (Å²) in [7, 11) is 0. The molecule has 0 unspecified atom stereocenters. The minimum absolute atomic E-state index is 0.109. The van der Waals surface area contributed by atoms with E-state index in [-0.39, 0.29) is 17.1 Å².